The molecule has 1 aliphatic rings. The van der Waals surface area contributed by atoms with E-state index in [1.165, 1.54) is 0 Å². The van der Waals surface area contributed by atoms with Crippen LogP contribution in [0.5, 0.6) is 0 Å². The maximum absolute atomic E-state index is 11.7. The summed E-state index contributed by atoms with van der Waals surface area (Å²) < 4.78 is 5.27. The van der Waals surface area contributed by atoms with E-state index in [0.29, 0.717) is 31.3 Å². The van der Waals surface area contributed by atoms with E-state index < -0.39 is 0 Å². The Balaban J connectivity index is 1.59. The van der Waals surface area contributed by atoms with Crippen LogP contribution in [0.2, 0.25) is 0 Å². The van der Waals surface area contributed by atoms with Gasteiger partial charge in [0.05, 0.1) is 5.92 Å². The highest BCUT2D eigenvalue weighted by molar-refractivity contribution is 5.75. The Hall–Kier alpha value is -2.70. The van der Waals surface area contributed by atoms with Crippen molar-refractivity contribution in [3.8, 4) is 11.4 Å². The molecule has 2 aromatic rings. The molecule has 21 heavy (non-hydrogen) atoms. The van der Waals surface area contributed by atoms with Gasteiger partial charge in [0, 0.05) is 37.6 Å². The number of amides is 2. The first-order chi connectivity index (χ1) is 10.3. The van der Waals surface area contributed by atoms with E-state index in [-0.39, 0.29) is 11.9 Å². The molecule has 108 valence electrons. The molecular weight excluding hydrogens is 270 g/mol. The second kappa shape index (κ2) is 5.74. The molecule has 1 saturated heterocycles. The predicted octanol–water partition coefficient (Wildman–Crippen LogP) is 1.43. The lowest BCUT2D eigenvalue weighted by atomic mass is 10.0. The molecule has 1 aliphatic heterocycles. The average Bonchev–Trinajstić information content (AvgIpc) is 2.94. The van der Waals surface area contributed by atoms with Gasteiger partial charge in [-0.05, 0) is 12.1 Å². The van der Waals surface area contributed by atoms with Crippen molar-refractivity contribution in [1.82, 2.24) is 25.3 Å². The minimum atomic E-state index is -0.0989. The number of hydrogen-bond donors (Lipinski definition) is 1. The number of rotatable bonds is 4. The topological polar surface area (TPSA) is 84.2 Å². The molecule has 0 bridgehead atoms. The summed E-state index contributed by atoms with van der Waals surface area (Å²) in [6.45, 7) is 5.18. The zero-order chi connectivity index (χ0) is 14.7. The summed E-state index contributed by atoms with van der Waals surface area (Å²) in [4.78, 5) is 21.8. The fourth-order valence-electron chi connectivity index (χ4n) is 2.09. The molecule has 0 atom stereocenters. The molecule has 3 rings (SSSR count). The molecule has 0 radical (unpaired) electrons. The van der Waals surface area contributed by atoms with Crippen molar-refractivity contribution in [2.45, 2.75) is 5.92 Å². The Morgan fingerprint density at radius 2 is 2.43 bits per heavy atom. The highest BCUT2D eigenvalue weighted by Gasteiger charge is 2.35. The fraction of sp³-hybridized carbons (Fsp3) is 0.286. The van der Waals surface area contributed by atoms with Crippen LogP contribution in [0.4, 0.5) is 4.79 Å². The largest absolute Gasteiger partial charge is 0.339 e. The van der Waals surface area contributed by atoms with Crippen LogP contribution in [0.15, 0.2) is 41.7 Å². The van der Waals surface area contributed by atoms with Crippen LogP contribution in [-0.4, -0.2) is 45.7 Å². The minimum Gasteiger partial charge on any atom is -0.339 e. The van der Waals surface area contributed by atoms with Gasteiger partial charge in [-0.15, -0.1) is 6.58 Å². The van der Waals surface area contributed by atoms with Crippen LogP contribution in [0, 0.1) is 0 Å². The molecule has 0 aromatic carbocycles. The summed E-state index contributed by atoms with van der Waals surface area (Å²) in [6.07, 6.45) is 5.02. The lowest BCUT2D eigenvalue weighted by Crippen LogP contribution is -2.52. The van der Waals surface area contributed by atoms with E-state index in [0.717, 1.165) is 5.56 Å². The van der Waals surface area contributed by atoms with Crippen molar-refractivity contribution in [1.29, 1.82) is 0 Å². The quantitative estimate of drug-likeness (QED) is 0.859. The number of hydrogen-bond acceptors (Lipinski definition) is 5. The van der Waals surface area contributed by atoms with E-state index in [2.05, 4.69) is 27.0 Å². The van der Waals surface area contributed by atoms with Crippen LogP contribution in [0.1, 0.15) is 11.8 Å². The van der Waals surface area contributed by atoms with Gasteiger partial charge in [0.15, 0.2) is 0 Å². The number of aromatic nitrogens is 3. The van der Waals surface area contributed by atoms with Gasteiger partial charge in [0.1, 0.15) is 0 Å². The molecule has 0 saturated carbocycles. The first kappa shape index (κ1) is 13.3. The summed E-state index contributed by atoms with van der Waals surface area (Å²) in [6, 6.07) is 3.59. The van der Waals surface area contributed by atoms with Crippen molar-refractivity contribution in [2.24, 2.45) is 0 Å². The van der Waals surface area contributed by atoms with Crippen LogP contribution >= 0.6 is 0 Å². The van der Waals surface area contributed by atoms with E-state index >= 15 is 0 Å². The van der Waals surface area contributed by atoms with Crippen molar-refractivity contribution in [3.05, 3.63) is 43.1 Å². The van der Waals surface area contributed by atoms with Gasteiger partial charge in [-0.25, -0.2) is 4.79 Å². The van der Waals surface area contributed by atoms with Crippen LogP contribution in [0.25, 0.3) is 11.4 Å². The number of nitrogens with one attached hydrogen (secondary N) is 1. The van der Waals surface area contributed by atoms with Gasteiger partial charge in [0.2, 0.25) is 11.7 Å². The van der Waals surface area contributed by atoms with Crippen LogP contribution in [-0.2, 0) is 0 Å². The third kappa shape index (κ3) is 2.76. The molecule has 1 fully saturated rings. The maximum Gasteiger partial charge on any atom is 0.317 e. The molecule has 3 heterocycles. The van der Waals surface area contributed by atoms with Crippen molar-refractivity contribution in [2.75, 3.05) is 19.6 Å². The summed E-state index contributed by atoms with van der Waals surface area (Å²) in [7, 11) is 0. The van der Waals surface area contributed by atoms with E-state index in [9.17, 15) is 4.79 Å². The van der Waals surface area contributed by atoms with Crippen LogP contribution < -0.4 is 5.32 Å². The van der Waals surface area contributed by atoms with Crippen molar-refractivity contribution < 1.29 is 9.32 Å². The summed E-state index contributed by atoms with van der Waals surface area (Å²) in [5.74, 6) is 1.17. The summed E-state index contributed by atoms with van der Waals surface area (Å²) >= 11 is 0. The number of carbonyl (C=O) groups is 1. The molecule has 7 heteroatoms. The maximum atomic E-state index is 11.7. The normalized spacial score (nSPS) is 14.6. The second-order valence-corrected chi connectivity index (χ2v) is 4.77. The zero-order valence-electron chi connectivity index (χ0n) is 11.4. The van der Waals surface area contributed by atoms with Gasteiger partial charge in [-0.1, -0.05) is 11.2 Å². The summed E-state index contributed by atoms with van der Waals surface area (Å²) in [5, 5.41) is 6.68. The van der Waals surface area contributed by atoms with E-state index in [1.54, 1.807) is 23.4 Å². The molecular formula is C14H15N5O2. The number of urea groups is 1. The Labute approximate surface area is 121 Å². The molecule has 0 spiro atoms. The average molecular weight is 285 g/mol. The van der Waals surface area contributed by atoms with Gasteiger partial charge in [-0.2, -0.15) is 4.98 Å². The SMILES string of the molecule is C=CCNC(=O)N1CC(c2nc(-c3cccnc3)no2)C1. The fourth-order valence-corrected chi connectivity index (χ4v) is 2.09. The molecule has 0 unspecified atom stereocenters. The van der Waals surface area contributed by atoms with Crippen LogP contribution in [0.3, 0.4) is 0 Å². The highest BCUT2D eigenvalue weighted by Crippen LogP contribution is 2.27. The monoisotopic (exact) mass is 285 g/mol. The number of pyridine rings is 1. The predicted molar refractivity (Wildman–Crippen MR) is 75.4 cm³/mol. The molecule has 1 N–H and O–H groups in total. The first-order valence-electron chi connectivity index (χ1n) is 6.65. The smallest absolute Gasteiger partial charge is 0.317 e. The van der Waals surface area contributed by atoms with E-state index in [1.807, 2.05) is 12.1 Å². The number of nitrogens with zero attached hydrogens (tertiary/aromatic N) is 4. The van der Waals surface area contributed by atoms with Gasteiger partial charge < -0.3 is 14.7 Å². The Kier molecular flexibility index (Phi) is 3.63. The Morgan fingerprint density at radius 1 is 1.57 bits per heavy atom. The van der Waals surface area contributed by atoms with Crippen molar-refractivity contribution >= 4 is 6.03 Å². The van der Waals surface area contributed by atoms with Gasteiger partial charge >= 0.3 is 6.03 Å². The third-order valence-corrected chi connectivity index (χ3v) is 3.28. The zero-order valence-corrected chi connectivity index (χ0v) is 11.4. The Morgan fingerprint density at radius 3 is 3.14 bits per heavy atom. The lowest BCUT2D eigenvalue weighted by molar-refractivity contribution is 0.137. The minimum absolute atomic E-state index is 0.0948. The molecule has 2 aromatic heterocycles. The summed E-state index contributed by atoms with van der Waals surface area (Å²) in [5.41, 5.74) is 0.812. The molecule has 7 nitrogen and oxygen atoms in total. The lowest BCUT2D eigenvalue weighted by Gasteiger charge is -2.36. The van der Waals surface area contributed by atoms with Gasteiger partial charge in [-0.3, -0.25) is 4.98 Å². The number of carbonyl (C=O) groups excluding carboxylic acids is 1. The Bertz CT molecular complexity index is 634. The van der Waals surface area contributed by atoms with Crippen molar-refractivity contribution in [3.63, 3.8) is 0 Å². The highest BCUT2D eigenvalue weighted by atomic mass is 16.5. The third-order valence-electron chi connectivity index (χ3n) is 3.28. The van der Waals surface area contributed by atoms with E-state index in [4.69, 9.17) is 4.52 Å². The first-order valence-corrected chi connectivity index (χ1v) is 6.65. The van der Waals surface area contributed by atoms with Gasteiger partial charge in [0.25, 0.3) is 0 Å². The molecule has 2 amide bonds. The standard InChI is InChI=1S/C14H15N5O2/c1-2-5-16-14(20)19-8-11(9-19)13-17-12(18-21-13)10-4-3-6-15-7-10/h2-4,6-7,11H,1,5,8-9H2,(H,16,20). The molecule has 0 aliphatic carbocycles. The second-order valence-electron chi connectivity index (χ2n) is 4.77. The number of likely N-dealkylation sites (tertiary alicyclic amines) is 1.